The number of carbonyl (C=O) groups is 2. The molecule has 1 unspecified atom stereocenters. The van der Waals surface area contributed by atoms with Crippen molar-refractivity contribution in [2.45, 2.75) is 0 Å². The van der Waals surface area contributed by atoms with Gasteiger partial charge in [-0.05, 0) is 21.6 Å². The summed E-state index contributed by atoms with van der Waals surface area (Å²) < 4.78 is 0. The fraction of sp³-hybridized carbons (Fsp3) is 0.200. The van der Waals surface area contributed by atoms with Crippen LogP contribution in [0.2, 0.25) is 0 Å². The number of thiol groups is 1. The molecule has 0 aromatic heterocycles. The SMILES string of the molecule is O=C1c2ccccc2C(=O)N1CCS.OP. The summed E-state index contributed by atoms with van der Waals surface area (Å²) >= 11 is 4.01. The zero-order valence-corrected chi connectivity index (χ0v) is 10.5. The first-order valence-electron chi connectivity index (χ1n) is 4.57. The zero-order chi connectivity index (χ0) is 12.1. The van der Waals surface area contributed by atoms with Gasteiger partial charge in [-0.3, -0.25) is 14.5 Å². The van der Waals surface area contributed by atoms with Gasteiger partial charge in [0.2, 0.25) is 0 Å². The lowest BCUT2D eigenvalue weighted by Crippen LogP contribution is -2.31. The van der Waals surface area contributed by atoms with Crippen LogP contribution in [0.25, 0.3) is 0 Å². The zero-order valence-electron chi connectivity index (χ0n) is 8.46. The number of fused-ring (bicyclic) bond motifs is 1. The van der Waals surface area contributed by atoms with Gasteiger partial charge in [0.1, 0.15) is 0 Å². The quantitative estimate of drug-likeness (QED) is 0.472. The second-order valence-corrected chi connectivity index (χ2v) is 3.48. The van der Waals surface area contributed by atoms with Crippen molar-refractivity contribution in [1.29, 1.82) is 0 Å². The number of carbonyl (C=O) groups excluding carboxylic acids is 2. The average Bonchev–Trinajstić information content (AvgIpc) is 2.58. The van der Waals surface area contributed by atoms with Crippen LogP contribution in [0.4, 0.5) is 0 Å². The van der Waals surface area contributed by atoms with Crippen molar-refractivity contribution >= 4 is 33.9 Å². The van der Waals surface area contributed by atoms with Gasteiger partial charge in [0.05, 0.1) is 11.1 Å². The molecular weight excluding hydrogens is 245 g/mol. The summed E-state index contributed by atoms with van der Waals surface area (Å²) in [7, 11) is 1.42. The molecule has 6 heteroatoms. The summed E-state index contributed by atoms with van der Waals surface area (Å²) in [6.45, 7) is 0.370. The Hall–Kier alpha value is -0.900. The molecule has 1 aliphatic rings. The van der Waals surface area contributed by atoms with Gasteiger partial charge in [-0.1, -0.05) is 12.1 Å². The van der Waals surface area contributed by atoms with E-state index in [0.29, 0.717) is 23.4 Å². The Balaban J connectivity index is 0.000000606. The lowest BCUT2D eigenvalue weighted by atomic mass is 10.1. The summed E-state index contributed by atoms with van der Waals surface area (Å²) in [5.74, 6) is 0.0742. The minimum Gasteiger partial charge on any atom is -0.380 e. The topological polar surface area (TPSA) is 57.6 Å². The number of hydrogen-bond donors (Lipinski definition) is 2. The minimum atomic E-state index is -0.209. The summed E-state index contributed by atoms with van der Waals surface area (Å²) in [6, 6.07) is 6.87. The first-order chi connectivity index (χ1) is 7.75. The van der Waals surface area contributed by atoms with Crippen molar-refractivity contribution < 1.29 is 14.5 Å². The van der Waals surface area contributed by atoms with Crippen LogP contribution in [-0.2, 0) is 0 Å². The maximum atomic E-state index is 11.7. The van der Waals surface area contributed by atoms with E-state index >= 15 is 0 Å². The highest BCUT2D eigenvalue weighted by Crippen LogP contribution is 2.21. The highest BCUT2D eigenvalue weighted by Gasteiger charge is 2.34. The van der Waals surface area contributed by atoms with E-state index in [0.717, 1.165) is 0 Å². The number of imide groups is 1. The van der Waals surface area contributed by atoms with E-state index in [1.165, 1.54) is 14.4 Å². The van der Waals surface area contributed by atoms with E-state index in [2.05, 4.69) is 12.6 Å². The number of rotatable bonds is 2. The molecule has 0 aliphatic carbocycles. The molecule has 1 N–H and O–H groups in total. The van der Waals surface area contributed by atoms with Crippen molar-refractivity contribution in [3.63, 3.8) is 0 Å². The third kappa shape index (κ3) is 2.26. The number of amides is 2. The first kappa shape index (κ1) is 13.2. The molecule has 2 amide bonds. The second-order valence-electron chi connectivity index (χ2n) is 3.03. The maximum absolute atomic E-state index is 11.7. The fourth-order valence-corrected chi connectivity index (χ4v) is 1.74. The molecule has 0 fully saturated rings. The fourth-order valence-electron chi connectivity index (χ4n) is 1.54. The Labute approximate surface area is 101 Å². The highest BCUT2D eigenvalue weighted by molar-refractivity contribution is 7.80. The molecule has 86 valence electrons. The molecule has 4 nitrogen and oxygen atoms in total. The van der Waals surface area contributed by atoms with E-state index in [1.807, 2.05) is 0 Å². The molecule has 0 radical (unpaired) electrons. The third-order valence-corrected chi connectivity index (χ3v) is 2.40. The molecule has 0 bridgehead atoms. The molecule has 2 rings (SSSR count). The van der Waals surface area contributed by atoms with Crippen molar-refractivity contribution in [3.8, 4) is 0 Å². The van der Waals surface area contributed by atoms with E-state index < -0.39 is 0 Å². The maximum Gasteiger partial charge on any atom is 0.261 e. The van der Waals surface area contributed by atoms with Crippen LogP contribution in [0, 0.1) is 0 Å². The van der Waals surface area contributed by atoms with Crippen molar-refractivity contribution in [1.82, 2.24) is 4.90 Å². The van der Waals surface area contributed by atoms with Gasteiger partial charge < -0.3 is 4.89 Å². The third-order valence-electron chi connectivity index (χ3n) is 2.20. The molecule has 1 heterocycles. The standard InChI is InChI=1S/C10H9NO2S.H3OP/c12-9-7-3-1-2-4-8(7)10(13)11(9)5-6-14;1-2/h1-4,14H,5-6H2;1H,2H2. The van der Waals surface area contributed by atoms with Crippen molar-refractivity contribution in [3.05, 3.63) is 35.4 Å². The van der Waals surface area contributed by atoms with Crippen LogP contribution in [-0.4, -0.2) is 33.9 Å². The predicted octanol–water partition coefficient (Wildman–Crippen LogP) is 0.981. The molecule has 1 atom stereocenters. The Morgan fingerprint density at radius 3 is 1.94 bits per heavy atom. The number of hydrogen-bond acceptors (Lipinski definition) is 4. The average molecular weight is 257 g/mol. The molecule has 1 aliphatic heterocycles. The van der Waals surface area contributed by atoms with Gasteiger partial charge in [-0.15, -0.1) is 0 Å². The van der Waals surface area contributed by atoms with Crippen LogP contribution in [0.1, 0.15) is 20.7 Å². The first-order valence-corrected chi connectivity index (χ1v) is 5.72. The lowest BCUT2D eigenvalue weighted by molar-refractivity contribution is 0.0664. The van der Waals surface area contributed by atoms with Gasteiger partial charge in [0.25, 0.3) is 11.8 Å². The van der Waals surface area contributed by atoms with Crippen LogP contribution < -0.4 is 0 Å². The molecule has 1 aromatic rings. The van der Waals surface area contributed by atoms with Crippen LogP contribution >= 0.6 is 22.1 Å². The predicted molar refractivity (Wildman–Crippen MR) is 67.6 cm³/mol. The molecule has 16 heavy (non-hydrogen) atoms. The summed E-state index contributed by atoms with van der Waals surface area (Å²) in [6.07, 6.45) is 0. The van der Waals surface area contributed by atoms with Gasteiger partial charge in [-0.25, -0.2) is 0 Å². The Bertz CT molecular complexity index is 376. The summed E-state index contributed by atoms with van der Waals surface area (Å²) in [5.41, 5.74) is 0.999. The molecule has 0 saturated carbocycles. The van der Waals surface area contributed by atoms with Gasteiger partial charge in [0.15, 0.2) is 0 Å². The van der Waals surface area contributed by atoms with E-state index in [9.17, 15) is 9.59 Å². The Kier molecular flexibility index (Phi) is 4.93. The largest absolute Gasteiger partial charge is 0.380 e. The Morgan fingerprint density at radius 1 is 1.12 bits per heavy atom. The van der Waals surface area contributed by atoms with Gasteiger partial charge >= 0.3 is 0 Å². The van der Waals surface area contributed by atoms with Crippen molar-refractivity contribution in [2.75, 3.05) is 12.3 Å². The van der Waals surface area contributed by atoms with Crippen LogP contribution in [0.3, 0.4) is 0 Å². The molecule has 0 saturated heterocycles. The monoisotopic (exact) mass is 257 g/mol. The van der Waals surface area contributed by atoms with E-state index in [1.54, 1.807) is 24.3 Å². The smallest absolute Gasteiger partial charge is 0.261 e. The van der Waals surface area contributed by atoms with Gasteiger partial charge in [0, 0.05) is 12.3 Å². The second kappa shape index (κ2) is 5.99. The summed E-state index contributed by atoms with van der Waals surface area (Å²) in [4.78, 5) is 31.5. The Morgan fingerprint density at radius 2 is 1.56 bits per heavy atom. The minimum absolute atomic E-state index is 0.209. The van der Waals surface area contributed by atoms with E-state index in [-0.39, 0.29) is 11.8 Å². The van der Waals surface area contributed by atoms with Crippen molar-refractivity contribution in [2.24, 2.45) is 0 Å². The van der Waals surface area contributed by atoms with E-state index in [4.69, 9.17) is 4.89 Å². The highest BCUT2D eigenvalue weighted by atomic mass is 32.1. The number of nitrogens with zero attached hydrogens (tertiary/aromatic N) is 1. The summed E-state index contributed by atoms with van der Waals surface area (Å²) in [5, 5.41) is 0. The normalized spacial score (nSPS) is 13.3. The molecule has 1 aromatic carbocycles. The number of benzene rings is 1. The van der Waals surface area contributed by atoms with Gasteiger partial charge in [-0.2, -0.15) is 12.6 Å². The molecular formula is C10H12NO3PS. The van der Waals surface area contributed by atoms with Crippen LogP contribution in [0.15, 0.2) is 24.3 Å². The molecule has 0 spiro atoms. The van der Waals surface area contributed by atoms with Crippen LogP contribution in [0.5, 0.6) is 0 Å². The lowest BCUT2D eigenvalue weighted by Gasteiger charge is -2.10.